The summed E-state index contributed by atoms with van der Waals surface area (Å²) >= 11 is 3.54. The van der Waals surface area contributed by atoms with Crippen LogP contribution in [0.4, 0.5) is 5.82 Å². The molecule has 0 saturated carbocycles. The molecule has 1 N–H and O–H groups in total. The third-order valence-electron chi connectivity index (χ3n) is 3.82. The minimum absolute atomic E-state index is 0.254. The molecular formula is C16H26BrN3O. The predicted molar refractivity (Wildman–Crippen MR) is 90.8 cm³/mol. The van der Waals surface area contributed by atoms with E-state index in [0.717, 1.165) is 36.4 Å². The van der Waals surface area contributed by atoms with Gasteiger partial charge in [-0.25, -0.2) is 4.98 Å². The highest BCUT2D eigenvalue weighted by atomic mass is 79.9. The molecule has 118 valence electrons. The fourth-order valence-electron chi connectivity index (χ4n) is 2.62. The van der Waals surface area contributed by atoms with E-state index >= 15 is 0 Å². The number of rotatable bonds is 5. The maximum atomic E-state index is 5.80. The maximum Gasteiger partial charge on any atom is 0.133 e. The monoisotopic (exact) mass is 355 g/mol. The van der Waals surface area contributed by atoms with Crippen LogP contribution in [-0.2, 0) is 11.3 Å². The Labute approximate surface area is 136 Å². The Morgan fingerprint density at radius 3 is 2.95 bits per heavy atom. The lowest BCUT2D eigenvalue weighted by Crippen LogP contribution is -2.49. The molecule has 5 heteroatoms. The van der Waals surface area contributed by atoms with E-state index in [-0.39, 0.29) is 6.10 Å². The minimum atomic E-state index is 0.254. The van der Waals surface area contributed by atoms with Gasteiger partial charge in [0.2, 0.25) is 0 Å². The SMILES string of the molecule is CCC1COC(C)CN1c1ncc(Br)cc1CNC(C)C. The zero-order valence-electron chi connectivity index (χ0n) is 13.4. The van der Waals surface area contributed by atoms with Gasteiger partial charge in [0.15, 0.2) is 0 Å². The third-order valence-corrected chi connectivity index (χ3v) is 4.25. The molecule has 2 rings (SSSR count). The number of halogens is 1. The number of morpholine rings is 1. The van der Waals surface area contributed by atoms with Crippen LogP contribution in [0.15, 0.2) is 16.7 Å². The molecule has 1 aliphatic heterocycles. The number of aromatic nitrogens is 1. The summed E-state index contributed by atoms with van der Waals surface area (Å²) in [5, 5.41) is 3.49. The second-order valence-electron chi connectivity index (χ2n) is 6.03. The van der Waals surface area contributed by atoms with Gasteiger partial charge in [0.1, 0.15) is 5.82 Å². The second kappa shape index (κ2) is 7.56. The Morgan fingerprint density at radius 2 is 2.29 bits per heavy atom. The van der Waals surface area contributed by atoms with Crippen LogP contribution in [0.25, 0.3) is 0 Å². The van der Waals surface area contributed by atoms with Crippen molar-refractivity contribution in [2.24, 2.45) is 0 Å². The van der Waals surface area contributed by atoms with E-state index in [1.165, 1.54) is 5.56 Å². The number of hydrogen-bond donors (Lipinski definition) is 1. The van der Waals surface area contributed by atoms with Crippen molar-refractivity contribution in [1.82, 2.24) is 10.3 Å². The van der Waals surface area contributed by atoms with E-state index in [4.69, 9.17) is 9.72 Å². The lowest BCUT2D eigenvalue weighted by molar-refractivity contribution is 0.0295. The highest BCUT2D eigenvalue weighted by molar-refractivity contribution is 9.10. The van der Waals surface area contributed by atoms with Crippen LogP contribution in [0.2, 0.25) is 0 Å². The molecule has 1 aliphatic rings. The highest BCUT2D eigenvalue weighted by Gasteiger charge is 2.28. The van der Waals surface area contributed by atoms with Crippen LogP contribution in [-0.4, -0.2) is 36.3 Å². The number of nitrogens with zero attached hydrogens (tertiary/aromatic N) is 2. The summed E-state index contributed by atoms with van der Waals surface area (Å²) in [5.74, 6) is 1.09. The molecule has 1 fully saturated rings. The standard InChI is InChI=1S/C16H26BrN3O/c1-5-15-10-21-12(4)9-20(15)16-13(7-18-11(2)3)6-14(17)8-19-16/h6,8,11-12,15,18H,5,7,9-10H2,1-4H3. The third kappa shape index (κ3) is 4.41. The van der Waals surface area contributed by atoms with Gasteiger partial charge in [-0.05, 0) is 35.3 Å². The van der Waals surface area contributed by atoms with Crippen molar-refractivity contribution in [3.63, 3.8) is 0 Å². The maximum absolute atomic E-state index is 5.80. The summed E-state index contributed by atoms with van der Waals surface area (Å²) in [6, 6.07) is 3.04. The zero-order chi connectivity index (χ0) is 15.4. The number of pyridine rings is 1. The largest absolute Gasteiger partial charge is 0.375 e. The Kier molecular flexibility index (Phi) is 6.02. The Balaban J connectivity index is 2.27. The van der Waals surface area contributed by atoms with Crippen LogP contribution in [0.5, 0.6) is 0 Å². The first-order valence-corrected chi connectivity index (χ1v) is 8.56. The average molecular weight is 356 g/mol. The normalized spacial score (nSPS) is 22.9. The molecule has 1 aromatic heterocycles. The topological polar surface area (TPSA) is 37.4 Å². The van der Waals surface area contributed by atoms with E-state index in [0.29, 0.717) is 12.1 Å². The van der Waals surface area contributed by atoms with Crippen LogP contribution in [0.3, 0.4) is 0 Å². The zero-order valence-corrected chi connectivity index (χ0v) is 15.0. The summed E-state index contributed by atoms with van der Waals surface area (Å²) in [6.45, 7) is 11.2. The number of nitrogens with one attached hydrogen (secondary N) is 1. The Morgan fingerprint density at radius 1 is 1.52 bits per heavy atom. The molecular weight excluding hydrogens is 330 g/mol. The fourth-order valence-corrected chi connectivity index (χ4v) is 3.00. The first kappa shape index (κ1) is 16.7. The van der Waals surface area contributed by atoms with Gasteiger partial charge in [-0.3, -0.25) is 0 Å². The predicted octanol–water partition coefficient (Wildman–Crippen LogP) is 3.35. The molecule has 0 amide bonds. The molecule has 0 bridgehead atoms. The molecule has 0 aromatic carbocycles. The molecule has 2 atom stereocenters. The lowest BCUT2D eigenvalue weighted by atomic mass is 10.1. The van der Waals surface area contributed by atoms with Crippen molar-refractivity contribution in [2.75, 3.05) is 18.1 Å². The van der Waals surface area contributed by atoms with Crippen LogP contribution >= 0.6 is 15.9 Å². The Hall–Kier alpha value is -0.650. The summed E-state index contributed by atoms with van der Waals surface area (Å²) in [5.41, 5.74) is 1.24. The van der Waals surface area contributed by atoms with Crippen molar-refractivity contribution in [3.05, 3.63) is 22.3 Å². The van der Waals surface area contributed by atoms with E-state index in [9.17, 15) is 0 Å². The van der Waals surface area contributed by atoms with E-state index in [1.54, 1.807) is 0 Å². The van der Waals surface area contributed by atoms with Gasteiger partial charge in [-0.2, -0.15) is 0 Å². The van der Waals surface area contributed by atoms with Crippen LogP contribution in [0, 0.1) is 0 Å². The molecule has 0 spiro atoms. The van der Waals surface area contributed by atoms with Gasteiger partial charge < -0.3 is 15.0 Å². The van der Waals surface area contributed by atoms with Gasteiger partial charge in [-0.1, -0.05) is 20.8 Å². The summed E-state index contributed by atoms with van der Waals surface area (Å²) in [7, 11) is 0. The number of anilines is 1. The van der Waals surface area contributed by atoms with Crippen molar-refractivity contribution < 1.29 is 4.74 Å². The molecule has 21 heavy (non-hydrogen) atoms. The molecule has 1 saturated heterocycles. The van der Waals surface area contributed by atoms with Crippen molar-refractivity contribution >= 4 is 21.7 Å². The van der Waals surface area contributed by atoms with Crippen molar-refractivity contribution in [2.45, 2.75) is 58.8 Å². The number of ether oxygens (including phenoxy) is 1. The van der Waals surface area contributed by atoms with Crippen LogP contribution in [0.1, 0.15) is 39.7 Å². The van der Waals surface area contributed by atoms with Crippen molar-refractivity contribution in [1.29, 1.82) is 0 Å². The molecule has 0 aliphatic carbocycles. The fraction of sp³-hybridized carbons (Fsp3) is 0.688. The second-order valence-corrected chi connectivity index (χ2v) is 6.95. The van der Waals surface area contributed by atoms with E-state index in [2.05, 4.69) is 59.9 Å². The molecule has 4 nitrogen and oxygen atoms in total. The minimum Gasteiger partial charge on any atom is -0.375 e. The summed E-state index contributed by atoms with van der Waals surface area (Å²) < 4.78 is 6.83. The molecule has 0 radical (unpaired) electrons. The first-order chi connectivity index (χ1) is 10.0. The van der Waals surface area contributed by atoms with E-state index < -0.39 is 0 Å². The average Bonchev–Trinajstić information content (AvgIpc) is 2.45. The van der Waals surface area contributed by atoms with Gasteiger partial charge in [0.25, 0.3) is 0 Å². The molecule has 2 heterocycles. The van der Waals surface area contributed by atoms with Crippen LogP contribution < -0.4 is 10.2 Å². The first-order valence-electron chi connectivity index (χ1n) is 7.77. The van der Waals surface area contributed by atoms with E-state index in [1.807, 2.05) is 6.20 Å². The Bertz CT molecular complexity index is 467. The smallest absolute Gasteiger partial charge is 0.133 e. The van der Waals surface area contributed by atoms with Gasteiger partial charge in [0, 0.05) is 35.4 Å². The summed E-state index contributed by atoms with van der Waals surface area (Å²) in [6.07, 6.45) is 3.21. The molecule has 2 unspecified atom stereocenters. The highest BCUT2D eigenvalue weighted by Crippen LogP contribution is 2.27. The van der Waals surface area contributed by atoms with Crippen molar-refractivity contribution in [3.8, 4) is 0 Å². The quantitative estimate of drug-likeness (QED) is 0.878. The van der Waals surface area contributed by atoms with Gasteiger partial charge in [-0.15, -0.1) is 0 Å². The van der Waals surface area contributed by atoms with Gasteiger partial charge >= 0.3 is 0 Å². The van der Waals surface area contributed by atoms with Gasteiger partial charge in [0.05, 0.1) is 18.8 Å². The lowest BCUT2D eigenvalue weighted by Gasteiger charge is -2.40. The number of hydrogen-bond acceptors (Lipinski definition) is 4. The summed E-state index contributed by atoms with van der Waals surface area (Å²) in [4.78, 5) is 7.11. The molecule has 1 aromatic rings.